The molecule has 0 bridgehead atoms. The van der Waals surface area contributed by atoms with Crippen LogP contribution in [0.1, 0.15) is 26.7 Å². The maximum Gasteiger partial charge on any atom is -0.0248 e. The van der Waals surface area contributed by atoms with Gasteiger partial charge in [0.25, 0.3) is 0 Å². The zero-order valence-electron chi connectivity index (χ0n) is 6.93. The van der Waals surface area contributed by atoms with Gasteiger partial charge in [-0.25, -0.2) is 0 Å². The normalized spacial score (nSPS) is 12.4. The van der Waals surface area contributed by atoms with Crippen LogP contribution in [0.15, 0.2) is 36.5 Å². The standard InChI is InChI=1S/C10H16/c1-4-7-8-9-10(5-2)6-3/h4-7H,2,8-9H2,1,3H3/b7-4+,10-6+. The summed E-state index contributed by atoms with van der Waals surface area (Å²) in [6.45, 7) is 7.81. The van der Waals surface area contributed by atoms with Crippen molar-refractivity contribution in [1.82, 2.24) is 0 Å². The quantitative estimate of drug-likeness (QED) is 0.410. The van der Waals surface area contributed by atoms with Crippen molar-refractivity contribution < 1.29 is 0 Å². The lowest BCUT2D eigenvalue weighted by atomic mass is 10.1. The highest BCUT2D eigenvalue weighted by atomic mass is 13.9. The van der Waals surface area contributed by atoms with Gasteiger partial charge in [0.1, 0.15) is 0 Å². The Morgan fingerprint density at radius 1 is 1.40 bits per heavy atom. The minimum atomic E-state index is 1.12. The van der Waals surface area contributed by atoms with E-state index in [0.717, 1.165) is 12.8 Å². The molecule has 0 aromatic heterocycles. The Morgan fingerprint density at radius 2 is 2.10 bits per heavy atom. The van der Waals surface area contributed by atoms with Crippen molar-refractivity contribution in [1.29, 1.82) is 0 Å². The Balaban J connectivity index is 3.56. The molecule has 0 saturated carbocycles. The molecule has 0 aliphatic rings. The number of hydrogen-bond donors (Lipinski definition) is 0. The molecule has 0 N–H and O–H groups in total. The highest BCUT2D eigenvalue weighted by Crippen LogP contribution is 2.05. The maximum atomic E-state index is 3.72. The van der Waals surface area contributed by atoms with Crippen molar-refractivity contribution in [2.75, 3.05) is 0 Å². The van der Waals surface area contributed by atoms with E-state index < -0.39 is 0 Å². The molecule has 0 nitrogen and oxygen atoms in total. The van der Waals surface area contributed by atoms with E-state index in [1.807, 2.05) is 19.9 Å². The largest absolute Gasteiger partial charge is 0.0988 e. The highest BCUT2D eigenvalue weighted by molar-refractivity contribution is 5.15. The van der Waals surface area contributed by atoms with Crippen molar-refractivity contribution >= 4 is 0 Å². The van der Waals surface area contributed by atoms with Crippen LogP contribution in [0.5, 0.6) is 0 Å². The van der Waals surface area contributed by atoms with Crippen LogP contribution >= 0.6 is 0 Å². The predicted molar refractivity (Wildman–Crippen MR) is 48.0 cm³/mol. The summed E-state index contributed by atoms with van der Waals surface area (Å²) in [6.07, 6.45) is 10.5. The molecule has 0 radical (unpaired) electrons. The summed E-state index contributed by atoms with van der Waals surface area (Å²) in [5.41, 5.74) is 1.33. The zero-order chi connectivity index (χ0) is 7.82. The Kier molecular flexibility index (Phi) is 5.85. The first-order valence-electron chi connectivity index (χ1n) is 3.74. The number of hydrogen-bond acceptors (Lipinski definition) is 0. The van der Waals surface area contributed by atoms with Crippen molar-refractivity contribution in [3.8, 4) is 0 Å². The van der Waals surface area contributed by atoms with Crippen LogP contribution in [0.2, 0.25) is 0 Å². The molecule has 0 aromatic carbocycles. The Hall–Kier alpha value is -0.780. The van der Waals surface area contributed by atoms with Crippen molar-refractivity contribution in [2.45, 2.75) is 26.7 Å². The first kappa shape index (κ1) is 9.22. The van der Waals surface area contributed by atoms with Gasteiger partial charge in [0.2, 0.25) is 0 Å². The maximum absolute atomic E-state index is 3.72. The van der Waals surface area contributed by atoms with E-state index in [2.05, 4.69) is 24.8 Å². The molecule has 0 fully saturated rings. The van der Waals surface area contributed by atoms with Crippen LogP contribution in [0, 0.1) is 0 Å². The number of allylic oxidation sites excluding steroid dienone is 5. The summed E-state index contributed by atoms with van der Waals surface area (Å²) in [5.74, 6) is 0. The molecular weight excluding hydrogens is 120 g/mol. The lowest BCUT2D eigenvalue weighted by Gasteiger charge is -1.94. The molecule has 56 valence electrons. The Labute approximate surface area is 64.0 Å². The molecule has 0 unspecified atom stereocenters. The molecule has 0 saturated heterocycles. The predicted octanol–water partition coefficient (Wildman–Crippen LogP) is 3.48. The third-order valence-electron chi connectivity index (χ3n) is 1.47. The zero-order valence-corrected chi connectivity index (χ0v) is 6.93. The second-order valence-electron chi connectivity index (χ2n) is 2.18. The van der Waals surface area contributed by atoms with Crippen LogP contribution in [-0.4, -0.2) is 0 Å². The van der Waals surface area contributed by atoms with Gasteiger partial charge in [-0.05, 0) is 26.7 Å². The van der Waals surface area contributed by atoms with E-state index in [9.17, 15) is 0 Å². The SMILES string of the molecule is C=C/C(=C\C)CC/C=C/C. The van der Waals surface area contributed by atoms with E-state index in [1.54, 1.807) is 0 Å². The molecule has 0 heteroatoms. The molecule has 0 amide bonds. The van der Waals surface area contributed by atoms with Crippen LogP contribution in [0.4, 0.5) is 0 Å². The van der Waals surface area contributed by atoms with Crippen molar-refractivity contribution in [3.05, 3.63) is 36.5 Å². The average molecular weight is 136 g/mol. The summed E-state index contributed by atoms with van der Waals surface area (Å²) in [6, 6.07) is 0. The first-order chi connectivity index (χ1) is 4.85. The Morgan fingerprint density at radius 3 is 2.50 bits per heavy atom. The van der Waals surface area contributed by atoms with Gasteiger partial charge in [-0.3, -0.25) is 0 Å². The van der Waals surface area contributed by atoms with Gasteiger partial charge < -0.3 is 0 Å². The van der Waals surface area contributed by atoms with Crippen LogP contribution in [0.3, 0.4) is 0 Å². The monoisotopic (exact) mass is 136 g/mol. The van der Waals surface area contributed by atoms with Crippen LogP contribution in [0.25, 0.3) is 0 Å². The van der Waals surface area contributed by atoms with Gasteiger partial charge in [-0.2, -0.15) is 0 Å². The van der Waals surface area contributed by atoms with Gasteiger partial charge in [0, 0.05) is 0 Å². The van der Waals surface area contributed by atoms with Gasteiger partial charge >= 0.3 is 0 Å². The topological polar surface area (TPSA) is 0 Å². The molecule has 10 heavy (non-hydrogen) atoms. The second kappa shape index (κ2) is 6.34. The van der Waals surface area contributed by atoms with E-state index >= 15 is 0 Å². The van der Waals surface area contributed by atoms with Crippen LogP contribution in [-0.2, 0) is 0 Å². The molecule has 0 rings (SSSR count). The second-order valence-corrected chi connectivity index (χ2v) is 2.18. The third kappa shape index (κ3) is 4.13. The molecule has 0 aromatic rings. The molecule has 0 atom stereocenters. The van der Waals surface area contributed by atoms with E-state index in [-0.39, 0.29) is 0 Å². The molecule has 0 spiro atoms. The first-order valence-corrected chi connectivity index (χ1v) is 3.74. The summed E-state index contributed by atoms with van der Waals surface area (Å²) in [5, 5.41) is 0. The van der Waals surface area contributed by atoms with Crippen molar-refractivity contribution in [3.63, 3.8) is 0 Å². The summed E-state index contributed by atoms with van der Waals surface area (Å²) in [4.78, 5) is 0. The van der Waals surface area contributed by atoms with E-state index in [1.165, 1.54) is 5.57 Å². The fourth-order valence-corrected chi connectivity index (χ4v) is 0.781. The number of rotatable bonds is 4. The van der Waals surface area contributed by atoms with Gasteiger partial charge in [0.05, 0.1) is 0 Å². The minimum absolute atomic E-state index is 1.12. The van der Waals surface area contributed by atoms with E-state index in [4.69, 9.17) is 0 Å². The van der Waals surface area contributed by atoms with Gasteiger partial charge in [-0.15, -0.1) is 0 Å². The molecule has 0 aliphatic heterocycles. The fraction of sp³-hybridized carbons (Fsp3) is 0.400. The fourth-order valence-electron chi connectivity index (χ4n) is 0.781. The smallest absolute Gasteiger partial charge is 0.0248 e. The summed E-state index contributed by atoms with van der Waals surface area (Å²) >= 11 is 0. The van der Waals surface area contributed by atoms with Gasteiger partial charge in [0.15, 0.2) is 0 Å². The molecule has 0 heterocycles. The van der Waals surface area contributed by atoms with Gasteiger partial charge in [-0.1, -0.05) is 36.5 Å². The van der Waals surface area contributed by atoms with Crippen LogP contribution < -0.4 is 0 Å². The molecular formula is C10H16. The lowest BCUT2D eigenvalue weighted by molar-refractivity contribution is 1.00. The highest BCUT2D eigenvalue weighted by Gasteiger charge is 1.85. The van der Waals surface area contributed by atoms with E-state index in [0.29, 0.717) is 0 Å². The third-order valence-corrected chi connectivity index (χ3v) is 1.47. The average Bonchev–Trinajstić information content (AvgIpc) is 1.99. The summed E-state index contributed by atoms with van der Waals surface area (Å²) in [7, 11) is 0. The Bertz CT molecular complexity index is 138. The molecule has 0 aliphatic carbocycles. The lowest BCUT2D eigenvalue weighted by Crippen LogP contribution is -1.74. The summed E-state index contributed by atoms with van der Waals surface area (Å²) < 4.78 is 0. The minimum Gasteiger partial charge on any atom is -0.0988 e. The van der Waals surface area contributed by atoms with Crippen molar-refractivity contribution in [2.24, 2.45) is 0 Å².